The minimum absolute atomic E-state index is 0.303. The summed E-state index contributed by atoms with van der Waals surface area (Å²) in [7, 11) is 0. The van der Waals surface area contributed by atoms with Gasteiger partial charge in [-0.3, -0.25) is 4.90 Å². The average Bonchev–Trinajstić information content (AvgIpc) is 2.90. The molecule has 1 atom stereocenters. The Hall–Kier alpha value is -3.38. The molecule has 1 aliphatic heterocycles. The highest BCUT2D eigenvalue weighted by atomic mass is 19.4. The van der Waals surface area contributed by atoms with Crippen molar-refractivity contribution < 1.29 is 22.7 Å². The van der Waals surface area contributed by atoms with Crippen LogP contribution in [0.15, 0.2) is 77.9 Å². The van der Waals surface area contributed by atoms with Crippen LogP contribution < -0.4 is 4.74 Å². The second-order valence-electron chi connectivity index (χ2n) is 11.4. The van der Waals surface area contributed by atoms with Crippen LogP contribution in [0.25, 0.3) is 11.1 Å². The topological polar surface area (TPSA) is 29.5 Å². The second kappa shape index (κ2) is 10.6. The van der Waals surface area contributed by atoms with Crippen molar-refractivity contribution in [2.45, 2.75) is 59.2 Å². The summed E-state index contributed by atoms with van der Waals surface area (Å²) in [6, 6.07) is 17.5. The molecule has 1 unspecified atom stereocenters. The molecular weight excluding hydrogens is 499 g/mol. The predicted octanol–water partition coefficient (Wildman–Crippen LogP) is 8.48. The normalized spacial score (nSPS) is 20.1. The van der Waals surface area contributed by atoms with Gasteiger partial charge in [0.25, 0.3) is 0 Å². The van der Waals surface area contributed by atoms with Crippen LogP contribution in [-0.2, 0) is 19.1 Å². The standard InChI is InChI=1S/C33H34F3NO2/c1-22-14-16-32(3,19-23(22)2)21-37-17-15-25-18-28(13-10-26(25)20-37)39-31(38)30-7-5-4-6-29(30)24-8-11-27(12-9-24)33(34,35)36/h4-13,18H,14-17,19-21H2,1-3H3. The third kappa shape index (κ3) is 6.11. The third-order valence-corrected chi connectivity index (χ3v) is 8.28. The van der Waals surface area contributed by atoms with Crippen molar-refractivity contribution >= 4 is 5.97 Å². The number of esters is 1. The van der Waals surface area contributed by atoms with Gasteiger partial charge in [0.2, 0.25) is 0 Å². The molecule has 0 aromatic heterocycles. The smallest absolute Gasteiger partial charge is 0.416 e. The molecule has 2 aliphatic rings. The highest BCUT2D eigenvalue weighted by molar-refractivity contribution is 5.98. The van der Waals surface area contributed by atoms with E-state index in [1.54, 1.807) is 29.8 Å². The van der Waals surface area contributed by atoms with Crippen molar-refractivity contribution in [3.05, 3.63) is 100 Å². The van der Waals surface area contributed by atoms with Gasteiger partial charge in [-0.1, -0.05) is 54.5 Å². The molecule has 6 heteroatoms. The van der Waals surface area contributed by atoms with Crippen molar-refractivity contribution in [1.29, 1.82) is 0 Å². The Morgan fingerprint density at radius 2 is 1.69 bits per heavy atom. The summed E-state index contributed by atoms with van der Waals surface area (Å²) in [4.78, 5) is 15.7. The largest absolute Gasteiger partial charge is 0.423 e. The first-order valence-corrected chi connectivity index (χ1v) is 13.5. The Balaban J connectivity index is 1.27. The molecule has 0 bridgehead atoms. The van der Waals surface area contributed by atoms with E-state index in [0.717, 1.165) is 44.6 Å². The van der Waals surface area contributed by atoms with Gasteiger partial charge in [0.1, 0.15) is 5.75 Å². The lowest BCUT2D eigenvalue weighted by atomic mass is 9.73. The SMILES string of the molecule is CC1=C(C)CC(C)(CN2CCc3cc(OC(=O)c4ccccc4-c4ccc(C(F)(F)F)cc4)ccc3C2)CC1. The number of nitrogens with zero attached hydrogens (tertiary/aromatic N) is 1. The third-order valence-electron chi connectivity index (χ3n) is 8.28. The van der Waals surface area contributed by atoms with Crippen LogP contribution in [0.1, 0.15) is 67.1 Å². The van der Waals surface area contributed by atoms with Crippen LogP contribution in [0.2, 0.25) is 0 Å². The van der Waals surface area contributed by atoms with Gasteiger partial charge in [0, 0.05) is 19.6 Å². The van der Waals surface area contributed by atoms with Gasteiger partial charge in [0.15, 0.2) is 0 Å². The molecule has 0 saturated carbocycles. The first-order chi connectivity index (χ1) is 18.5. The number of benzene rings is 3. The van der Waals surface area contributed by atoms with Crippen LogP contribution in [0, 0.1) is 5.41 Å². The Bertz CT molecular complexity index is 1410. The Kier molecular flexibility index (Phi) is 7.43. The highest BCUT2D eigenvalue weighted by Gasteiger charge is 2.32. The summed E-state index contributed by atoms with van der Waals surface area (Å²) in [5.41, 5.74) is 6.46. The van der Waals surface area contributed by atoms with Gasteiger partial charge in [-0.25, -0.2) is 4.79 Å². The zero-order chi connectivity index (χ0) is 27.8. The van der Waals surface area contributed by atoms with E-state index >= 15 is 0 Å². The molecule has 0 fully saturated rings. The van der Waals surface area contributed by atoms with E-state index in [4.69, 9.17) is 4.74 Å². The van der Waals surface area contributed by atoms with Crippen molar-refractivity contribution in [1.82, 2.24) is 4.90 Å². The summed E-state index contributed by atoms with van der Waals surface area (Å²) in [6.07, 6.45) is 0.0491. The molecule has 204 valence electrons. The monoisotopic (exact) mass is 533 g/mol. The number of carbonyl (C=O) groups excluding carboxylic acids is 1. The van der Waals surface area contributed by atoms with Gasteiger partial charge in [0.05, 0.1) is 11.1 Å². The van der Waals surface area contributed by atoms with Crippen molar-refractivity contribution in [2.24, 2.45) is 5.41 Å². The molecule has 1 heterocycles. The fourth-order valence-electron chi connectivity index (χ4n) is 5.96. The van der Waals surface area contributed by atoms with Crippen molar-refractivity contribution in [2.75, 3.05) is 13.1 Å². The maximum absolute atomic E-state index is 13.1. The van der Waals surface area contributed by atoms with Crippen molar-refractivity contribution in [3.8, 4) is 16.9 Å². The molecule has 0 radical (unpaired) electrons. The quantitative estimate of drug-likeness (QED) is 0.187. The number of ether oxygens (including phenoxy) is 1. The zero-order valence-corrected chi connectivity index (χ0v) is 22.7. The summed E-state index contributed by atoms with van der Waals surface area (Å²) >= 11 is 0. The number of halogens is 3. The zero-order valence-electron chi connectivity index (χ0n) is 22.7. The fraction of sp³-hybridized carbons (Fsp3) is 0.364. The molecule has 3 aromatic carbocycles. The van der Waals surface area contributed by atoms with Gasteiger partial charge in [-0.15, -0.1) is 0 Å². The minimum atomic E-state index is -4.41. The maximum atomic E-state index is 13.1. The lowest BCUT2D eigenvalue weighted by Crippen LogP contribution is -2.40. The van der Waals surface area contributed by atoms with Gasteiger partial charge in [-0.05, 0) is 97.5 Å². The predicted molar refractivity (Wildman–Crippen MR) is 148 cm³/mol. The van der Waals surface area contributed by atoms with Gasteiger partial charge < -0.3 is 4.74 Å². The van der Waals surface area contributed by atoms with E-state index in [-0.39, 0.29) is 0 Å². The Labute approximate surface area is 228 Å². The lowest BCUT2D eigenvalue weighted by Gasteiger charge is -2.41. The first-order valence-electron chi connectivity index (χ1n) is 13.5. The molecule has 0 N–H and O–H groups in total. The number of fused-ring (bicyclic) bond motifs is 1. The van der Waals surface area contributed by atoms with E-state index in [2.05, 4.69) is 25.7 Å². The molecule has 0 saturated heterocycles. The minimum Gasteiger partial charge on any atom is -0.423 e. The van der Waals surface area contributed by atoms with E-state index < -0.39 is 17.7 Å². The van der Waals surface area contributed by atoms with E-state index in [1.807, 2.05) is 18.2 Å². The highest BCUT2D eigenvalue weighted by Crippen LogP contribution is 2.40. The fourth-order valence-corrected chi connectivity index (χ4v) is 5.96. The van der Waals surface area contributed by atoms with Crippen LogP contribution in [0.5, 0.6) is 5.75 Å². The molecule has 1 aliphatic carbocycles. The molecule has 0 amide bonds. The summed E-state index contributed by atoms with van der Waals surface area (Å²) in [5.74, 6) is -0.0586. The van der Waals surface area contributed by atoms with E-state index in [9.17, 15) is 18.0 Å². The number of hydrogen-bond acceptors (Lipinski definition) is 3. The van der Waals surface area contributed by atoms with Crippen LogP contribution in [0.3, 0.4) is 0 Å². The van der Waals surface area contributed by atoms with Gasteiger partial charge >= 0.3 is 12.1 Å². The maximum Gasteiger partial charge on any atom is 0.416 e. The lowest BCUT2D eigenvalue weighted by molar-refractivity contribution is -0.137. The number of carbonyl (C=O) groups is 1. The number of rotatable bonds is 5. The Morgan fingerprint density at radius 1 is 0.949 bits per heavy atom. The number of hydrogen-bond donors (Lipinski definition) is 0. The molecule has 0 spiro atoms. The molecule has 39 heavy (non-hydrogen) atoms. The Morgan fingerprint density at radius 3 is 2.41 bits per heavy atom. The van der Waals surface area contributed by atoms with Crippen molar-refractivity contribution in [3.63, 3.8) is 0 Å². The number of alkyl halides is 3. The molecule has 5 rings (SSSR count). The second-order valence-corrected chi connectivity index (χ2v) is 11.4. The van der Waals surface area contributed by atoms with Crippen LogP contribution in [-0.4, -0.2) is 24.0 Å². The van der Waals surface area contributed by atoms with Gasteiger partial charge in [-0.2, -0.15) is 13.2 Å². The average molecular weight is 534 g/mol. The summed E-state index contributed by atoms with van der Waals surface area (Å²) in [6.45, 7) is 9.86. The van der Waals surface area contributed by atoms with Crippen LogP contribution >= 0.6 is 0 Å². The number of allylic oxidation sites excluding steroid dienone is 2. The summed E-state index contributed by atoms with van der Waals surface area (Å²) in [5, 5.41) is 0. The first kappa shape index (κ1) is 27.2. The molecule has 3 aromatic rings. The van der Waals surface area contributed by atoms with E-state index in [1.165, 1.54) is 41.7 Å². The molecule has 3 nitrogen and oxygen atoms in total. The van der Waals surface area contributed by atoms with E-state index in [0.29, 0.717) is 27.9 Å². The summed E-state index contributed by atoms with van der Waals surface area (Å²) < 4.78 is 44.7. The van der Waals surface area contributed by atoms with Crippen LogP contribution in [0.4, 0.5) is 13.2 Å². The molecular formula is C33H34F3NO2.